The topological polar surface area (TPSA) is 26.7 Å². The maximum atomic E-state index is 9.26. The number of nitrogens with zero attached hydrogens (tertiary/aromatic N) is 2. The molecule has 1 rings (SSSR count). The molecule has 1 aliphatic heterocycles. The van der Waals surface area contributed by atoms with Gasteiger partial charge in [0.25, 0.3) is 0 Å². The van der Waals surface area contributed by atoms with Crippen molar-refractivity contribution < 1.29 is 5.11 Å². The van der Waals surface area contributed by atoms with E-state index in [-0.39, 0.29) is 6.10 Å². The molecule has 2 unspecified atom stereocenters. The number of piperidine rings is 1. The SMILES string of the molecule is CC(O)CN(C)CCC1CCCCN1C. The second kappa shape index (κ2) is 6.46. The normalized spacial score (nSPS) is 25.8. The molecule has 0 aromatic carbocycles. The van der Waals surface area contributed by atoms with E-state index in [9.17, 15) is 5.11 Å². The van der Waals surface area contributed by atoms with Crippen molar-refractivity contribution in [1.29, 1.82) is 0 Å². The number of aliphatic hydroxyl groups is 1. The van der Waals surface area contributed by atoms with Gasteiger partial charge in [-0.1, -0.05) is 6.42 Å². The summed E-state index contributed by atoms with van der Waals surface area (Å²) >= 11 is 0. The van der Waals surface area contributed by atoms with Gasteiger partial charge in [0, 0.05) is 12.6 Å². The number of likely N-dealkylation sites (tertiary alicyclic amines) is 1. The molecule has 2 atom stereocenters. The summed E-state index contributed by atoms with van der Waals surface area (Å²) in [5.74, 6) is 0. The van der Waals surface area contributed by atoms with E-state index < -0.39 is 0 Å². The minimum atomic E-state index is -0.209. The average molecular weight is 214 g/mol. The Morgan fingerprint density at radius 1 is 1.47 bits per heavy atom. The zero-order valence-corrected chi connectivity index (χ0v) is 10.4. The first-order chi connectivity index (χ1) is 7.09. The molecule has 1 saturated heterocycles. The Hall–Kier alpha value is -0.120. The molecule has 15 heavy (non-hydrogen) atoms. The molecule has 1 heterocycles. The van der Waals surface area contributed by atoms with Gasteiger partial charge < -0.3 is 14.9 Å². The third-order valence-electron chi connectivity index (χ3n) is 3.34. The van der Waals surface area contributed by atoms with Crippen LogP contribution in [0.2, 0.25) is 0 Å². The molecule has 0 aromatic rings. The first-order valence-electron chi connectivity index (χ1n) is 6.16. The van der Waals surface area contributed by atoms with Gasteiger partial charge in [-0.15, -0.1) is 0 Å². The highest BCUT2D eigenvalue weighted by molar-refractivity contribution is 4.75. The summed E-state index contributed by atoms with van der Waals surface area (Å²) in [5, 5.41) is 9.26. The molecule has 0 aromatic heterocycles. The van der Waals surface area contributed by atoms with Crippen molar-refractivity contribution in [3.63, 3.8) is 0 Å². The Bertz CT molecular complexity index is 173. The number of hydrogen-bond acceptors (Lipinski definition) is 3. The number of likely N-dealkylation sites (N-methyl/N-ethyl adjacent to an activating group) is 1. The van der Waals surface area contributed by atoms with Crippen molar-refractivity contribution in [2.24, 2.45) is 0 Å². The Morgan fingerprint density at radius 3 is 2.80 bits per heavy atom. The van der Waals surface area contributed by atoms with Gasteiger partial charge in [-0.2, -0.15) is 0 Å². The Labute approximate surface area is 94.1 Å². The van der Waals surface area contributed by atoms with Gasteiger partial charge >= 0.3 is 0 Å². The van der Waals surface area contributed by atoms with Crippen LogP contribution in [0.1, 0.15) is 32.6 Å². The van der Waals surface area contributed by atoms with Crippen LogP contribution in [0.4, 0.5) is 0 Å². The highest BCUT2D eigenvalue weighted by Crippen LogP contribution is 2.17. The largest absolute Gasteiger partial charge is 0.392 e. The number of aliphatic hydroxyl groups excluding tert-OH is 1. The molecule has 1 N–H and O–H groups in total. The van der Waals surface area contributed by atoms with Crippen LogP contribution in [0, 0.1) is 0 Å². The lowest BCUT2D eigenvalue weighted by Crippen LogP contribution is -2.39. The minimum absolute atomic E-state index is 0.209. The molecule has 1 aliphatic rings. The summed E-state index contributed by atoms with van der Waals surface area (Å²) in [6, 6.07) is 0.759. The maximum absolute atomic E-state index is 9.26. The lowest BCUT2D eigenvalue weighted by Gasteiger charge is -2.33. The maximum Gasteiger partial charge on any atom is 0.0638 e. The fourth-order valence-corrected chi connectivity index (χ4v) is 2.42. The summed E-state index contributed by atoms with van der Waals surface area (Å²) in [5.41, 5.74) is 0. The molecular weight excluding hydrogens is 188 g/mol. The van der Waals surface area contributed by atoms with Gasteiger partial charge in [0.05, 0.1) is 6.10 Å². The smallest absolute Gasteiger partial charge is 0.0638 e. The van der Waals surface area contributed by atoms with Crippen LogP contribution < -0.4 is 0 Å². The van der Waals surface area contributed by atoms with Crippen LogP contribution in [0.5, 0.6) is 0 Å². The van der Waals surface area contributed by atoms with Gasteiger partial charge in [0.1, 0.15) is 0 Å². The van der Waals surface area contributed by atoms with Crippen LogP contribution in [0.25, 0.3) is 0 Å². The molecule has 3 nitrogen and oxygen atoms in total. The quantitative estimate of drug-likeness (QED) is 0.744. The Balaban J connectivity index is 2.17. The van der Waals surface area contributed by atoms with E-state index in [1.165, 1.54) is 32.2 Å². The molecule has 0 saturated carbocycles. The van der Waals surface area contributed by atoms with E-state index in [2.05, 4.69) is 23.9 Å². The third kappa shape index (κ3) is 4.96. The second-order valence-electron chi connectivity index (χ2n) is 5.03. The lowest BCUT2D eigenvalue weighted by molar-refractivity contribution is 0.123. The monoisotopic (exact) mass is 214 g/mol. The summed E-state index contributed by atoms with van der Waals surface area (Å²) in [4.78, 5) is 4.72. The van der Waals surface area contributed by atoms with Gasteiger partial charge in [0.15, 0.2) is 0 Å². The van der Waals surface area contributed by atoms with Crippen LogP contribution in [-0.4, -0.2) is 60.8 Å². The molecule has 0 spiro atoms. The fourth-order valence-electron chi connectivity index (χ4n) is 2.42. The summed E-state index contributed by atoms with van der Waals surface area (Å²) in [6.07, 6.45) is 5.11. The first kappa shape index (κ1) is 12.9. The highest BCUT2D eigenvalue weighted by Gasteiger charge is 2.18. The standard InChI is InChI=1S/C12H26N2O/c1-11(15)10-13(2)9-7-12-6-4-5-8-14(12)3/h11-12,15H,4-10H2,1-3H3. The van der Waals surface area contributed by atoms with Crippen LogP contribution in [-0.2, 0) is 0 Å². The van der Waals surface area contributed by atoms with Crippen molar-refractivity contribution >= 4 is 0 Å². The molecule has 0 amide bonds. The van der Waals surface area contributed by atoms with Crippen molar-refractivity contribution in [3.05, 3.63) is 0 Å². The van der Waals surface area contributed by atoms with Crippen LogP contribution >= 0.6 is 0 Å². The highest BCUT2D eigenvalue weighted by atomic mass is 16.3. The van der Waals surface area contributed by atoms with Gasteiger partial charge in [-0.05, 0) is 53.4 Å². The molecule has 0 radical (unpaired) electrons. The zero-order valence-electron chi connectivity index (χ0n) is 10.4. The van der Waals surface area contributed by atoms with E-state index in [0.29, 0.717) is 0 Å². The van der Waals surface area contributed by atoms with Crippen molar-refractivity contribution in [3.8, 4) is 0 Å². The number of rotatable bonds is 5. The van der Waals surface area contributed by atoms with E-state index in [1.54, 1.807) is 0 Å². The lowest BCUT2D eigenvalue weighted by atomic mass is 10.00. The van der Waals surface area contributed by atoms with Crippen molar-refractivity contribution in [2.75, 3.05) is 33.7 Å². The average Bonchev–Trinajstić information content (AvgIpc) is 2.15. The molecular formula is C12H26N2O. The van der Waals surface area contributed by atoms with Crippen LogP contribution in [0.15, 0.2) is 0 Å². The predicted octanol–water partition coefficient (Wildman–Crippen LogP) is 1.17. The first-order valence-corrected chi connectivity index (χ1v) is 6.16. The van der Waals surface area contributed by atoms with E-state index in [0.717, 1.165) is 19.1 Å². The summed E-state index contributed by atoms with van der Waals surface area (Å²) in [7, 11) is 4.33. The molecule has 1 fully saturated rings. The van der Waals surface area contributed by atoms with E-state index >= 15 is 0 Å². The Kier molecular flexibility index (Phi) is 5.58. The summed E-state index contributed by atoms with van der Waals surface area (Å²) in [6.45, 7) is 4.99. The van der Waals surface area contributed by atoms with Crippen molar-refractivity contribution in [1.82, 2.24) is 9.80 Å². The number of hydrogen-bond donors (Lipinski definition) is 1. The van der Waals surface area contributed by atoms with Crippen LogP contribution in [0.3, 0.4) is 0 Å². The molecule has 3 heteroatoms. The van der Waals surface area contributed by atoms with E-state index in [1.807, 2.05) is 6.92 Å². The molecule has 0 aliphatic carbocycles. The van der Waals surface area contributed by atoms with Gasteiger partial charge in [0.2, 0.25) is 0 Å². The third-order valence-corrected chi connectivity index (χ3v) is 3.34. The zero-order chi connectivity index (χ0) is 11.3. The second-order valence-corrected chi connectivity index (χ2v) is 5.03. The van der Waals surface area contributed by atoms with E-state index in [4.69, 9.17) is 0 Å². The fraction of sp³-hybridized carbons (Fsp3) is 1.00. The Morgan fingerprint density at radius 2 is 2.20 bits per heavy atom. The molecule has 90 valence electrons. The summed E-state index contributed by atoms with van der Waals surface area (Å²) < 4.78 is 0. The van der Waals surface area contributed by atoms with Gasteiger partial charge in [-0.3, -0.25) is 0 Å². The van der Waals surface area contributed by atoms with Crippen molar-refractivity contribution in [2.45, 2.75) is 44.8 Å². The van der Waals surface area contributed by atoms with Gasteiger partial charge in [-0.25, -0.2) is 0 Å². The molecule has 0 bridgehead atoms. The minimum Gasteiger partial charge on any atom is -0.392 e. The predicted molar refractivity (Wildman–Crippen MR) is 64.1 cm³/mol.